The lowest BCUT2D eigenvalue weighted by molar-refractivity contribution is -0.128. The number of carbonyl (C=O) groups is 1. The number of carbonyl (C=O) groups excluding carboxylic acids is 1. The van der Waals surface area contributed by atoms with Crippen LogP contribution in [0.2, 0.25) is 0 Å². The van der Waals surface area contributed by atoms with Crippen LogP contribution in [0, 0.1) is 18.6 Å². The predicted octanol–water partition coefficient (Wildman–Crippen LogP) is 4.05. The molecule has 1 aliphatic rings. The number of piperazine rings is 1. The molecule has 5 aromatic rings. The summed E-state index contributed by atoms with van der Waals surface area (Å²) in [5.41, 5.74) is 1.79. The van der Waals surface area contributed by atoms with E-state index in [1.807, 2.05) is 11.8 Å². The summed E-state index contributed by atoms with van der Waals surface area (Å²) in [6.07, 6.45) is 4.24. The second kappa shape index (κ2) is 10.6. The summed E-state index contributed by atoms with van der Waals surface area (Å²) in [5, 5.41) is 10.8. The van der Waals surface area contributed by atoms with Gasteiger partial charge in [-0.3, -0.25) is 4.79 Å². The summed E-state index contributed by atoms with van der Waals surface area (Å²) in [6, 6.07) is 5.76. The van der Waals surface area contributed by atoms with Gasteiger partial charge in [-0.25, -0.2) is 33.4 Å². The molecule has 0 unspecified atom stereocenters. The third-order valence-corrected chi connectivity index (χ3v) is 7.18. The molecule has 1 fully saturated rings. The maximum Gasteiger partial charge on any atom is 0.246 e. The number of halogens is 2. The Morgan fingerprint density at radius 3 is 2.79 bits per heavy atom. The summed E-state index contributed by atoms with van der Waals surface area (Å²) >= 11 is 0. The molecule has 14 heteroatoms. The highest BCUT2D eigenvalue weighted by Gasteiger charge is 2.28. The Hall–Kier alpha value is -5.27. The van der Waals surface area contributed by atoms with Crippen molar-refractivity contribution in [2.45, 2.75) is 19.9 Å². The highest BCUT2D eigenvalue weighted by Crippen LogP contribution is 2.34. The highest BCUT2D eigenvalue weighted by molar-refractivity contribution is 5.88. The van der Waals surface area contributed by atoms with Gasteiger partial charge in [0.05, 0.1) is 11.9 Å². The van der Waals surface area contributed by atoms with E-state index in [-0.39, 0.29) is 40.2 Å². The van der Waals surface area contributed by atoms with Crippen LogP contribution in [0.1, 0.15) is 12.5 Å². The first-order valence-corrected chi connectivity index (χ1v) is 13.1. The molecule has 1 amide bonds. The van der Waals surface area contributed by atoms with E-state index < -0.39 is 11.6 Å². The zero-order chi connectivity index (χ0) is 29.5. The maximum absolute atomic E-state index is 15.6. The number of nitrogens with zero attached hydrogens (tertiary/aromatic N) is 9. The van der Waals surface area contributed by atoms with Crippen molar-refractivity contribution in [3.05, 3.63) is 66.6 Å². The van der Waals surface area contributed by atoms with Gasteiger partial charge in [-0.1, -0.05) is 11.8 Å². The van der Waals surface area contributed by atoms with Crippen LogP contribution < -0.4 is 15.0 Å². The number of anilines is 3. The normalized spacial score (nSPS) is 15.3. The Morgan fingerprint density at radius 1 is 1.17 bits per heavy atom. The first kappa shape index (κ1) is 26.9. The van der Waals surface area contributed by atoms with Crippen molar-refractivity contribution in [1.29, 1.82) is 0 Å². The van der Waals surface area contributed by atoms with E-state index in [4.69, 9.17) is 4.74 Å². The fourth-order valence-electron chi connectivity index (χ4n) is 4.98. The lowest BCUT2D eigenvalue weighted by atomic mass is 10.1. The number of fused-ring (bicyclic) bond motifs is 2. The molecule has 0 radical (unpaired) electrons. The van der Waals surface area contributed by atoms with Crippen LogP contribution >= 0.6 is 0 Å². The topological polar surface area (TPSA) is 127 Å². The number of rotatable bonds is 6. The minimum atomic E-state index is -0.577. The molecule has 1 aliphatic heterocycles. The Bertz CT molecular complexity index is 1860. The van der Waals surface area contributed by atoms with Crippen LogP contribution in [0.5, 0.6) is 11.5 Å². The molecular formula is C28H26F2N10O2. The van der Waals surface area contributed by atoms with Crippen LogP contribution in [-0.2, 0) is 11.8 Å². The zero-order valence-corrected chi connectivity index (χ0v) is 23.0. The van der Waals surface area contributed by atoms with Crippen molar-refractivity contribution < 1.29 is 18.3 Å². The number of benzene rings is 2. The van der Waals surface area contributed by atoms with E-state index in [1.54, 1.807) is 31.1 Å². The fourth-order valence-corrected chi connectivity index (χ4v) is 4.98. The molecule has 1 N–H and O–H groups in total. The lowest BCUT2D eigenvalue weighted by Crippen LogP contribution is -2.54. The summed E-state index contributed by atoms with van der Waals surface area (Å²) in [5.74, 6) is -0.130. The van der Waals surface area contributed by atoms with Crippen molar-refractivity contribution in [3.63, 3.8) is 0 Å². The SMILES string of the molecule is C=CC(=O)N1CCN(c2ncc3ncnc(Nc4ccc(Oc5cc(F)c6c(c5)nnn6C)c(C)c4F)c3n2)C[C@H]1C. The Morgan fingerprint density at radius 2 is 2.00 bits per heavy atom. The smallest absolute Gasteiger partial charge is 0.246 e. The predicted molar refractivity (Wildman–Crippen MR) is 152 cm³/mol. The van der Waals surface area contributed by atoms with Gasteiger partial charge in [-0.2, -0.15) is 0 Å². The molecule has 12 nitrogen and oxygen atoms in total. The first-order chi connectivity index (χ1) is 20.2. The number of nitrogens with one attached hydrogen (secondary N) is 1. The Labute approximate surface area is 238 Å². The third-order valence-electron chi connectivity index (χ3n) is 7.18. The molecule has 1 atom stereocenters. The van der Waals surface area contributed by atoms with Gasteiger partial charge in [-0.15, -0.1) is 5.10 Å². The molecule has 1 saturated heterocycles. The maximum atomic E-state index is 15.6. The van der Waals surface area contributed by atoms with Gasteiger partial charge < -0.3 is 19.9 Å². The van der Waals surface area contributed by atoms with Crippen LogP contribution in [-0.4, -0.2) is 71.4 Å². The molecule has 42 heavy (non-hydrogen) atoms. The molecular weight excluding hydrogens is 546 g/mol. The molecule has 0 bridgehead atoms. The van der Waals surface area contributed by atoms with E-state index in [2.05, 4.69) is 42.1 Å². The van der Waals surface area contributed by atoms with Gasteiger partial charge in [0, 0.05) is 50.4 Å². The van der Waals surface area contributed by atoms with E-state index in [0.29, 0.717) is 48.0 Å². The summed E-state index contributed by atoms with van der Waals surface area (Å²) in [6.45, 7) is 8.65. The number of hydrogen-bond acceptors (Lipinski definition) is 10. The molecule has 0 spiro atoms. The number of aromatic nitrogens is 7. The van der Waals surface area contributed by atoms with Gasteiger partial charge in [0.15, 0.2) is 17.5 Å². The minimum Gasteiger partial charge on any atom is -0.457 e. The molecule has 3 aromatic heterocycles. The average molecular weight is 573 g/mol. The van der Waals surface area contributed by atoms with Crippen LogP contribution in [0.25, 0.3) is 22.1 Å². The number of ether oxygens (including phenoxy) is 1. The fraction of sp³-hybridized carbons (Fsp3) is 0.250. The van der Waals surface area contributed by atoms with Crippen LogP contribution in [0.4, 0.5) is 26.2 Å². The lowest BCUT2D eigenvalue weighted by Gasteiger charge is -2.39. The second-order valence-corrected chi connectivity index (χ2v) is 9.92. The number of hydrogen-bond donors (Lipinski definition) is 1. The summed E-state index contributed by atoms with van der Waals surface area (Å²) in [4.78, 5) is 33.5. The van der Waals surface area contributed by atoms with E-state index in [0.717, 1.165) is 0 Å². The number of amides is 1. The van der Waals surface area contributed by atoms with Crippen molar-refractivity contribution >= 4 is 45.4 Å². The Balaban J connectivity index is 1.25. The van der Waals surface area contributed by atoms with Crippen LogP contribution in [0.3, 0.4) is 0 Å². The van der Waals surface area contributed by atoms with Gasteiger partial charge in [0.1, 0.15) is 39.9 Å². The minimum absolute atomic E-state index is 0.0648. The Kier molecular flexibility index (Phi) is 6.80. The number of aryl methyl sites for hydroxylation is 1. The molecule has 0 aliphatic carbocycles. The quantitative estimate of drug-likeness (QED) is 0.298. The molecule has 2 aromatic carbocycles. The average Bonchev–Trinajstić information content (AvgIpc) is 3.37. The molecule has 0 saturated carbocycles. The third kappa shape index (κ3) is 4.80. The standard InChI is InChI=1S/C28H26F2N10O2/c1-5-23(41)40-9-8-39(13-15(40)2)28-31-12-21-25(35-28)27(33-14-32-21)34-19-6-7-22(16(3)24(19)30)42-17-10-18(29)26-20(11-17)36-37-38(26)4/h5-7,10-12,14-15H,1,8-9,13H2,2-4H3,(H,32,33,34)/t15-/m1/s1. The first-order valence-electron chi connectivity index (χ1n) is 13.1. The molecule has 214 valence electrons. The van der Waals surface area contributed by atoms with E-state index in [1.165, 1.54) is 35.3 Å². The van der Waals surface area contributed by atoms with Gasteiger partial charge in [0.25, 0.3) is 0 Å². The van der Waals surface area contributed by atoms with E-state index >= 15 is 4.39 Å². The monoisotopic (exact) mass is 572 g/mol. The van der Waals surface area contributed by atoms with Crippen molar-refractivity contribution in [1.82, 2.24) is 39.8 Å². The van der Waals surface area contributed by atoms with Crippen molar-refractivity contribution in [2.75, 3.05) is 29.9 Å². The van der Waals surface area contributed by atoms with E-state index in [9.17, 15) is 9.18 Å². The second-order valence-electron chi connectivity index (χ2n) is 9.92. The van der Waals surface area contributed by atoms with Crippen molar-refractivity contribution in [2.24, 2.45) is 7.05 Å². The zero-order valence-electron chi connectivity index (χ0n) is 23.0. The molecule has 4 heterocycles. The summed E-state index contributed by atoms with van der Waals surface area (Å²) < 4.78 is 37.3. The largest absolute Gasteiger partial charge is 0.457 e. The molecule has 6 rings (SSSR count). The van der Waals surface area contributed by atoms with Gasteiger partial charge >= 0.3 is 0 Å². The van der Waals surface area contributed by atoms with Gasteiger partial charge in [0.2, 0.25) is 11.9 Å². The van der Waals surface area contributed by atoms with Crippen molar-refractivity contribution in [3.8, 4) is 11.5 Å². The van der Waals surface area contributed by atoms with Crippen LogP contribution in [0.15, 0.2) is 49.4 Å². The van der Waals surface area contributed by atoms with Gasteiger partial charge in [-0.05, 0) is 32.1 Å². The summed E-state index contributed by atoms with van der Waals surface area (Å²) in [7, 11) is 1.59. The highest BCUT2D eigenvalue weighted by atomic mass is 19.1.